The molecular formula is C13H22N4O. The van der Waals surface area contributed by atoms with Crippen molar-refractivity contribution in [2.24, 2.45) is 10.9 Å². The highest BCUT2D eigenvalue weighted by atomic mass is 16.4. The van der Waals surface area contributed by atoms with Crippen molar-refractivity contribution in [2.45, 2.75) is 39.7 Å². The lowest BCUT2D eigenvalue weighted by Gasteiger charge is -2.28. The number of hydrogen-bond donors (Lipinski definition) is 2. The summed E-state index contributed by atoms with van der Waals surface area (Å²) in [5, 5.41) is 12.0. The van der Waals surface area contributed by atoms with E-state index in [1.54, 1.807) is 6.20 Å². The van der Waals surface area contributed by atoms with E-state index < -0.39 is 0 Å². The summed E-state index contributed by atoms with van der Waals surface area (Å²) in [7, 11) is 1.98. The molecule has 18 heavy (non-hydrogen) atoms. The smallest absolute Gasteiger partial charge is 0.174 e. The SMILES string of the molecule is CCCC(C)N(C)c1nccc(C)c1/C(N)=N/O. The summed E-state index contributed by atoms with van der Waals surface area (Å²) in [6, 6.07) is 2.21. The lowest BCUT2D eigenvalue weighted by atomic mass is 10.1. The quantitative estimate of drug-likeness (QED) is 0.363. The molecule has 5 heteroatoms. The van der Waals surface area contributed by atoms with Crippen molar-refractivity contribution in [1.29, 1.82) is 0 Å². The Hall–Kier alpha value is -1.78. The molecule has 1 rings (SSSR count). The van der Waals surface area contributed by atoms with Gasteiger partial charge >= 0.3 is 0 Å². The highest BCUT2D eigenvalue weighted by Gasteiger charge is 2.18. The summed E-state index contributed by atoms with van der Waals surface area (Å²) in [5.74, 6) is 0.859. The van der Waals surface area contributed by atoms with Crippen LogP contribution in [0.25, 0.3) is 0 Å². The van der Waals surface area contributed by atoms with Gasteiger partial charge in [0.05, 0.1) is 5.56 Å². The lowest BCUT2D eigenvalue weighted by molar-refractivity contribution is 0.318. The van der Waals surface area contributed by atoms with Crippen molar-refractivity contribution in [3.63, 3.8) is 0 Å². The molecule has 0 saturated heterocycles. The number of hydrogen-bond acceptors (Lipinski definition) is 4. The van der Waals surface area contributed by atoms with E-state index in [2.05, 4.69) is 28.9 Å². The fourth-order valence-corrected chi connectivity index (χ4v) is 2.00. The standard InChI is InChI=1S/C13H22N4O/c1-5-6-10(3)17(4)13-11(12(14)16-18)9(2)7-8-15-13/h7-8,10,18H,5-6H2,1-4H3,(H2,14,16). The van der Waals surface area contributed by atoms with Crippen LogP contribution in [-0.4, -0.2) is 29.1 Å². The third-order valence-corrected chi connectivity index (χ3v) is 3.20. The van der Waals surface area contributed by atoms with Crippen LogP contribution in [0.2, 0.25) is 0 Å². The Morgan fingerprint density at radius 2 is 2.28 bits per heavy atom. The molecule has 1 aromatic heterocycles. The Labute approximate surface area is 108 Å². The maximum absolute atomic E-state index is 8.88. The molecule has 1 aromatic rings. The zero-order valence-corrected chi connectivity index (χ0v) is 11.5. The molecule has 0 aliphatic heterocycles. The third kappa shape index (κ3) is 2.91. The number of aryl methyl sites for hydroxylation is 1. The van der Waals surface area contributed by atoms with Gasteiger partial charge in [0.1, 0.15) is 5.82 Å². The third-order valence-electron chi connectivity index (χ3n) is 3.20. The average molecular weight is 250 g/mol. The lowest BCUT2D eigenvalue weighted by Crippen LogP contribution is -2.32. The van der Waals surface area contributed by atoms with Gasteiger partial charge in [-0.1, -0.05) is 18.5 Å². The van der Waals surface area contributed by atoms with Crippen LogP contribution >= 0.6 is 0 Å². The summed E-state index contributed by atoms with van der Waals surface area (Å²) in [5.41, 5.74) is 7.39. The van der Waals surface area contributed by atoms with Crippen LogP contribution < -0.4 is 10.6 Å². The monoisotopic (exact) mass is 250 g/mol. The maximum Gasteiger partial charge on any atom is 0.174 e. The van der Waals surface area contributed by atoms with E-state index in [1.165, 1.54) is 0 Å². The highest BCUT2D eigenvalue weighted by molar-refractivity contribution is 6.02. The topological polar surface area (TPSA) is 74.7 Å². The normalized spacial score (nSPS) is 13.4. The van der Waals surface area contributed by atoms with Gasteiger partial charge in [0.25, 0.3) is 0 Å². The molecule has 0 radical (unpaired) electrons. The van der Waals surface area contributed by atoms with E-state index >= 15 is 0 Å². The molecule has 3 N–H and O–H groups in total. The number of nitrogens with zero attached hydrogens (tertiary/aromatic N) is 3. The minimum atomic E-state index is 0.103. The average Bonchev–Trinajstić information content (AvgIpc) is 2.37. The van der Waals surface area contributed by atoms with Crippen LogP contribution in [-0.2, 0) is 0 Å². The number of nitrogens with two attached hydrogens (primary N) is 1. The van der Waals surface area contributed by atoms with Gasteiger partial charge in [-0.05, 0) is 31.9 Å². The fraction of sp³-hybridized carbons (Fsp3) is 0.538. The molecule has 0 bridgehead atoms. The van der Waals surface area contributed by atoms with Gasteiger partial charge in [0, 0.05) is 19.3 Å². The Morgan fingerprint density at radius 3 is 2.83 bits per heavy atom. The van der Waals surface area contributed by atoms with Crippen LogP contribution in [0, 0.1) is 6.92 Å². The number of pyridine rings is 1. The van der Waals surface area contributed by atoms with Crippen molar-refractivity contribution >= 4 is 11.7 Å². The van der Waals surface area contributed by atoms with Crippen LogP contribution in [0.4, 0.5) is 5.82 Å². The fourth-order valence-electron chi connectivity index (χ4n) is 2.00. The second kappa shape index (κ2) is 6.23. The van der Waals surface area contributed by atoms with Crippen molar-refractivity contribution in [3.8, 4) is 0 Å². The van der Waals surface area contributed by atoms with Gasteiger partial charge < -0.3 is 15.8 Å². The predicted molar refractivity (Wildman–Crippen MR) is 74.3 cm³/mol. The number of rotatable bonds is 5. The Morgan fingerprint density at radius 1 is 1.61 bits per heavy atom. The summed E-state index contributed by atoms with van der Waals surface area (Å²) < 4.78 is 0. The van der Waals surface area contributed by atoms with E-state index in [1.807, 2.05) is 20.0 Å². The van der Waals surface area contributed by atoms with Crippen molar-refractivity contribution in [2.75, 3.05) is 11.9 Å². The van der Waals surface area contributed by atoms with E-state index in [9.17, 15) is 0 Å². The van der Waals surface area contributed by atoms with Gasteiger partial charge in [0.2, 0.25) is 0 Å². The molecule has 0 aliphatic carbocycles. The first-order valence-corrected chi connectivity index (χ1v) is 6.19. The molecule has 0 amide bonds. The highest BCUT2D eigenvalue weighted by Crippen LogP contribution is 2.22. The molecule has 5 nitrogen and oxygen atoms in total. The summed E-state index contributed by atoms with van der Waals surface area (Å²) in [6.45, 7) is 6.22. The number of amidine groups is 1. The Kier molecular flexibility index (Phi) is 4.95. The first kappa shape index (κ1) is 14.3. The minimum Gasteiger partial charge on any atom is -0.409 e. The molecule has 0 saturated carbocycles. The van der Waals surface area contributed by atoms with E-state index in [4.69, 9.17) is 10.9 Å². The molecule has 0 fully saturated rings. The zero-order valence-electron chi connectivity index (χ0n) is 11.5. The number of oxime groups is 1. The second-order valence-electron chi connectivity index (χ2n) is 4.56. The van der Waals surface area contributed by atoms with Crippen molar-refractivity contribution < 1.29 is 5.21 Å². The molecule has 100 valence electrons. The number of anilines is 1. The molecular weight excluding hydrogens is 228 g/mol. The van der Waals surface area contributed by atoms with E-state index in [0.29, 0.717) is 11.6 Å². The van der Waals surface area contributed by atoms with Crippen molar-refractivity contribution in [3.05, 3.63) is 23.4 Å². The van der Waals surface area contributed by atoms with Gasteiger partial charge in [-0.3, -0.25) is 0 Å². The van der Waals surface area contributed by atoms with Crippen LogP contribution in [0.3, 0.4) is 0 Å². The molecule has 0 spiro atoms. The first-order chi connectivity index (χ1) is 8.52. The number of aromatic nitrogens is 1. The first-order valence-electron chi connectivity index (χ1n) is 6.19. The summed E-state index contributed by atoms with van der Waals surface area (Å²) in [4.78, 5) is 6.44. The van der Waals surface area contributed by atoms with Gasteiger partial charge in [0.15, 0.2) is 5.84 Å². The van der Waals surface area contributed by atoms with Crippen LogP contribution in [0.15, 0.2) is 17.4 Å². The molecule has 1 atom stereocenters. The molecule has 1 heterocycles. The van der Waals surface area contributed by atoms with E-state index in [-0.39, 0.29) is 5.84 Å². The Balaban J connectivity index is 3.20. The largest absolute Gasteiger partial charge is 0.409 e. The maximum atomic E-state index is 8.88. The van der Waals surface area contributed by atoms with Crippen molar-refractivity contribution in [1.82, 2.24) is 4.98 Å². The molecule has 0 aromatic carbocycles. The van der Waals surface area contributed by atoms with Crippen LogP contribution in [0.1, 0.15) is 37.8 Å². The predicted octanol–water partition coefficient (Wildman–Crippen LogP) is 2.11. The summed E-state index contributed by atoms with van der Waals surface area (Å²) in [6.07, 6.45) is 3.92. The van der Waals surface area contributed by atoms with Gasteiger partial charge in [-0.15, -0.1) is 0 Å². The van der Waals surface area contributed by atoms with E-state index in [0.717, 1.165) is 24.2 Å². The minimum absolute atomic E-state index is 0.103. The molecule has 1 unspecified atom stereocenters. The van der Waals surface area contributed by atoms with Crippen LogP contribution in [0.5, 0.6) is 0 Å². The second-order valence-corrected chi connectivity index (χ2v) is 4.56. The summed E-state index contributed by atoms with van der Waals surface area (Å²) >= 11 is 0. The molecule has 0 aliphatic rings. The Bertz CT molecular complexity index is 431. The van der Waals surface area contributed by atoms with Gasteiger partial charge in [-0.25, -0.2) is 4.98 Å². The zero-order chi connectivity index (χ0) is 13.7. The van der Waals surface area contributed by atoms with Gasteiger partial charge in [-0.2, -0.15) is 0 Å².